The predicted molar refractivity (Wildman–Crippen MR) is 316 cm³/mol. The highest BCUT2D eigenvalue weighted by atomic mass is 15.1. The van der Waals surface area contributed by atoms with Crippen molar-refractivity contribution in [3.05, 3.63) is 292 Å². The first-order valence-electron chi connectivity index (χ1n) is 24.5. The monoisotopic (exact) mass is 929 g/mol. The van der Waals surface area contributed by atoms with E-state index in [9.17, 15) is 0 Å². The second-order valence-corrected chi connectivity index (χ2v) is 17.5. The van der Waals surface area contributed by atoms with Crippen molar-refractivity contribution in [3.8, 4) is 11.4 Å². The highest BCUT2D eigenvalue weighted by Gasteiger charge is 2.21. The Bertz CT molecular complexity index is 3870. The minimum absolute atomic E-state index is 1.11. The molecule has 0 spiro atoms. The normalized spacial score (nSPS) is 10.8. The maximum Gasteiger partial charge on any atom is 0.0641 e. The Hall–Kier alpha value is -9.18. The van der Waals surface area contributed by atoms with Crippen LogP contribution >= 0.6 is 0 Å². The van der Waals surface area contributed by atoms with E-state index >= 15 is 0 Å². The van der Waals surface area contributed by atoms with E-state index in [1.165, 1.54) is 87.3 Å². The van der Waals surface area contributed by atoms with Crippen molar-refractivity contribution in [1.82, 2.24) is 9.13 Å². The molecular formula is C69H59N3. The SMILES string of the molecule is C=C.C=C(C)/C=C\C.CN(c1ccc(-n2c3ccccc3c3ccc4c(c5ccccc5n4-c4ccc5ccccc5c4)c32)cc1)c1ccc2ccccc2c1.c1ccc2ccccc2c1.c1ccccc1. The molecule has 0 aliphatic rings. The van der Waals surface area contributed by atoms with Crippen LogP contribution in [-0.2, 0) is 0 Å². The third kappa shape index (κ3) is 10.1. The lowest BCUT2D eigenvalue weighted by Crippen LogP contribution is -2.09. The van der Waals surface area contributed by atoms with Crippen LogP contribution in [0.1, 0.15) is 13.8 Å². The van der Waals surface area contributed by atoms with Crippen LogP contribution in [-0.4, -0.2) is 16.2 Å². The smallest absolute Gasteiger partial charge is 0.0641 e. The summed E-state index contributed by atoms with van der Waals surface area (Å²) in [4.78, 5) is 2.26. The molecule has 2 heterocycles. The molecule has 0 unspecified atom stereocenters. The van der Waals surface area contributed by atoms with Gasteiger partial charge in [-0.15, -0.1) is 13.2 Å². The van der Waals surface area contributed by atoms with Crippen molar-refractivity contribution in [2.75, 3.05) is 11.9 Å². The Balaban J connectivity index is 0.000000219. The highest BCUT2D eigenvalue weighted by Crippen LogP contribution is 2.42. The first-order chi connectivity index (χ1) is 35.5. The molecule has 0 saturated carbocycles. The maximum atomic E-state index is 3.66. The van der Waals surface area contributed by atoms with Crippen molar-refractivity contribution < 1.29 is 0 Å². The molecule has 72 heavy (non-hydrogen) atoms. The summed E-state index contributed by atoms with van der Waals surface area (Å²) in [6, 6.07) is 90.6. The fourth-order valence-corrected chi connectivity index (χ4v) is 9.53. The number of nitrogens with zero attached hydrogens (tertiary/aromatic N) is 3. The molecule has 0 radical (unpaired) electrons. The zero-order valence-electron chi connectivity index (χ0n) is 41.4. The lowest BCUT2D eigenvalue weighted by molar-refractivity contribution is 1.16. The van der Waals surface area contributed by atoms with Gasteiger partial charge in [0.15, 0.2) is 0 Å². The standard InChI is InChI=1S/C45H31N3.C10H8.C6H6.C6H10.C2H4/c1-46(36-20-18-30-10-2-4-12-32(30)28-36)34-22-24-35(25-23-34)48-41-16-8-6-14-38(41)39-26-27-43-44(45(39)48)40-15-7-9-17-42(40)47(43)37-21-19-31-11-3-5-13-33(31)29-37;1-2-6-10-8-4-3-7-9(10)5-1;1-2-4-6-5-3-1;1-4-5-6(2)3;1-2/h2-29H,1H3;1-8H;1-6H;4-5H,2H2,1,3H3;1-2H2/b;;;5-4-;. The van der Waals surface area contributed by atoms with Gasteiger partial charge in [0.05, 0.1) is 22.1 Å². The van der Waals surface area contributed by atoms with Gasteiger partial charge < -0.3 is 14.0 Å². The van der Waals surface area contributed by atoms with Crippen LogP contribution in [0, 0.1) is 0 Å². The van der Waals surface area contributed by atoms with Crippen molar-refractivity contribution in [1.29, 1.82) is 0 Å². The zero-order chi connectivity index (χ0) is 49.8. The molecule has 0 saturated heterocycles. The Morgan fingerprint density at radius 1 is 0.389 bits per heavy atom. The first kappa shape index (κ1) is 47.9. The summed E-state index contributed by atoms with van der Waals surface area (Å²) in [5.74, 6) is 0. The number of para-hydroxylation sites is 2. The van der Waals surface area contributed by atoms with Gasteiger partial charge in [-0.25, -0.2) is 0 Å². The topological polar surface area (TPSA) is 13.1 Å². The lowest BCUT2D eigenvalue weighted by atomic mass is 10.1. The lowest BCUT2D eigenvalue weighted by Gasteiger charge is -2.21. The average Bonchev–Trinajstić information content (AvgIpc) is 3.97. The van der Waals surface area contributed by atoms with Crippen LogP contribution in [0.15, 0.2) is 292 Å². The molecule has 13 rings (SSSR count). The number of aromatic nitrogens is 2. The van der Waals surface area contributed by atoms with E-state index in [4.69, 9.17) is 0 Å². The summed E-state index contributed by atoms with van der Waals surface area (Å²) in [5.41, 5.74) is 10.6. The van der Waals surface area contributed by atoms with Gasteiger partial charge in [0.2, 0.25) is 0 Å². The first-order valence-corrected chi connectivity index (χ1v) is 24.5. The molecule has 0 aliphatic heterocycles. The molecular weight excluding hydrogens is 871 g/mol. The third-order valence-corrected chi connectivity index (χ3v) is 12.9. The van der Waals surface area contributed by atoms with Crippen molar-refractivity contribution in [2.45, 2.75) is 13.8 Å². The molecule has 3 nitrogen and oxygen atoms in total. The molecule has 2 aromatic heterocycles. The van der Waals surface area contributed by atoms with Crippen molar-refractivity contribution in [3.63, 3.8) is 0 Å². The molecule has 13 aromatic rings. The second-order valence-electron chi connectivity index (χ2n) is 17.5. The van der Waals surface area contributed by atoms with Crippen LogP contribution in [0.25, 0.3) is 87.3 Å². The highest BCUT2D eigenvalue weighted by molar-refractivity contribution is 6.26. The fraction of sp³-hybridized carbons (Fsp3) is 0.0435. The van der Waals surface area contributed by atoms with E-state index in [0.717, 1.165) is 16.9 Å². The molecule has 0 aliphatic carbocycles. The maximum absolute atomic E-state index is 3.66. The van der Waals surface area contributed by atoms with Gasteiger partial charge in [0, 0.05) is 51.3 Å². The van der Waals surface area contributed by atoms with Gasteiger partial charge in [-0.3, -0.25) is 0 Å². The van der Waals surface area contributed by atoms with Crippen LogP contribution in [0.4, 0.5) is 11.4 Å². The minimum atomic E-state index is 1.11. The quantitative estimate of drug-likeness (QED) is 0.124. The number of allylic oxidation sites excluding steroid dienone is 3. The van der Waals surface area contributed by atoms with Gasteiger partial charge in [-0.2, -0.15) is 0 Å². The summed E-state index contributed by atoms with van der Waals surface area (Å²) in [5, 5.41) is 12.7. The summed E-state index contributed by atoms with van der Waals surface area (Å²) in [7, 11) is 2.14. The number of hydrogen-bond acceptors (Lipinski definition) is 1. The van der Waals surface area contributed by atoms with E-state index in [0.29, 0.717) is 0 Å². The third-order valence-electron chi connectivity index (χ3n) is 12.9. The van der Waals surface area contributed by atoms with Crippen LogP contribution in [0.5, 0.6) is 0 Å². The molecule has 3 heteroatoms. The van der Waals surface area contributed by atoms with Gasteiger partial charge in [-0.1, -0.05) is 212 Å². The number of benzene rings is 11. The number of anilines is 2. The molecule has 350 valence electrons. The Labute approximate surface area is 423 Å². The van der Waals surface area contributed by atoms with E-state index in [1.54, 1.807) is 0 Å². The van der Waals surface area contributed by atoms with Crippen LogP contribution in [0.2, 0.25) is 0 Å². The van der Waals surface area contributed by atoms with Gasteiger partial charge >= 0.3 is 0 Å². The van der Waals surface area contributed by atoms with Crippen molar-refractivity contribution in [2.24, 2.45) is 0 Å². The molecule has 11 aromatic carbocycles. The predicted octanol–water partition coefficient (Wildman–Crippen LogP) is 19.4. The molecule has 0 fully saturated rings. The van der Waals surface area contributed by atoms with E-state index < -0.39 is 0 Å². The largest absolute Gasteiger partial charge is 0.345 e. The van der Waals surface area contributed by atoms with E-state index in [1.807, 2.05) is 62.4 Å². The fourth-order valence-electron chi connectivity index (χ4n) is 9.53. The summed E-state index contributed by atoms with van der Waals surface area (Å²) in [6.07, 6.45) is 3.95. The van der Waals surface area contributed by atoms with Crippen LogP contribution in [0.3, 0.4) is 0 Å². The number of fused-ring (bicyclic) bond motifs is 10. The van der Waals surface area contributed by atoms with Crippen molar-refractivity contribution >= 4 is 87.3 Å². The van der Waals surface area contributed by atoms with Gasteiger partial charge in [0.1, 0.15) is 0 Å². The Kier molecular flexibility index (Phi) is 15.0. The zero-order valence-corrected chi connectivity index (χ0v) is 41.4. The van der Waals surface area contributed by atoms with E-state index in [2.05, 4.69) is 259 Å². The summed E-state index contributed by atoms with van der Waals surface area (Å²) in [6.45, 7) is 13.6. The minimum Gasteiger partial charge on any atom is -0.345 e. The van der Waals surface area contributed by atoms with E-state index in [-0.39, 0.29) is 0 Å². The second kappa shape index (κ2) is 22.5. The van der Waals surface area contributed by atoms with Gasteiger partial charge in [0.25, 0.3) is 0 Å². The average molecular weight is 930 g/mol. The number of hydrogen-bond donors (Lipinski definition) is 0. The molecule has 0 amide bonds. The molecule has 0 bridgehead atoms. The summed E-state index contributed by atoms with van der Waals surface area (Å²) < 4.78 is 4.89. The Morgan fingerprint density at radius 2 is 0.819 bits per heavy atom. The molecule has 0 N–H and O–H groups in total. The van der Waals surface area contributed by atoms with Crippen LogP contribution < -0.4 is 4.90 Å². The Morgan fingerprint density at radius 3 is 1.35 bits per heavy atom. The molecule has 0 atom stereocenters. The number of rotatable bonds is 5. The summed E-state index contributed by atoms with van der Waals surface area (Å²) >= 11 is 0. The van der Waals surface area contributed by atoms with Gasteiger partial charge in [-0.05, 0) is 113 Å².